The van der Waals surface area contributed by atoms with E-state index in [0.717, 1.165) is 27.1 Å². The van der Waals surface area contributed by atoms with Crippen LogP contribution in [0.15, 0.2) is 51.5 Å². The molecule has 0 amide bonds. The average Bonchev–Trinajstić information content (AvgIpc) is 3.00. The molecule has 0 atom stereocenters. The highest BCUT2D eigenvalue weighted by atomic mass is 79.9. The molecule has 0 aliphatic heterocycles. The lowest BCUT2D eigenvalue weighted by molar-refractivity contribution is 0.296. The zero-order valence-electron chi connectivity index (χ0n) is 12.7. The molecule has 23 heavy (non-hydrogen) atoms. The first-order valence-corrected chi connectivity index (χ1v) is 7.81. The Labute approximate surface area is 142 Å². The van der Waals surface area contributed by atoms with Crippen molar-refractivity contribution in [2.75, 3.05) is 7.11 Å². The third-order valence-corrected chi connectivity index (χ3v) is 3.75. The molecule has 0 bridgehead atoms. The van der Waals surface area contributed by atoms with Gasteiger partial charge in [-0.15, -0.1) is 0 Å². The lowest BCUT2D eigenvalue weighted by Gasteiger charge is -2.11. The highest BCUT2D eigenvalue weighted by Gasteiger charge is 2.08. The maximum atomic E-state index is 5.87. The van der Waals surface area contributed by atoms with Crippen LogP contribution in [-0.2, 0) is 6.61 Å². The van der Waals surface area contributed by atoms with Crippen molar-refractivity contribution >= 4 is 15.9 Å². The van der Waals surface area contributed by atoms with E-state index in [1.54, 1.807) is 14.0 Å². The van der Waals surface area contributed by atoms with Gasteiger partial charge < -0.3 is 14.0 Å². The molecule has 5 nitrogen and oxygen atoms in total. The zero-order chi connectivity index (χ0) is 16.2. The second-order valence-corrected chi connectivity index (χ2v) is 5.83. The van der Waals surface area contributed by atoms with Crippen LogP contribution in [0, 0.1) is 6.92 Å². The van der Waals surface area contributed by atoms with Crippen molar-refractivity contribution in [3.05, 3.63) is 58.4 Å². The first-order chi connectivity index (χ1) is 11.2. The first-order valence-electron chi connectivity index (χ1n) is 7.01. The van der Waals surface area contributed by atoms with Crippen LogP contribution in [0.5, 0.6) is 11.5 Å². The third-order valence-electron chi connectivity index (χ3n) is 3.26. The molecule has 3 aromatic rings. The standard InChI is InChI=1S/C17H15BrN2O3/c1-11-19-17(20-23-11)12-4-3-5-15(9-12)22-10-13-8-14(18)6-7-16(13)21-2/h3-9H,10H2,1-2H3. The zero-order valence-corrected chi connectivity index (χ0v) is 14.3. The maximum absolute atomic E-state index is 5.87. The van der Waals surface area contributed by atoms with Crippen molar-refractivity contribution < 1.29 is 14.0 Å². The van der Waals surface area contributed by atoms with E-state index in [1.165, 1.54) is 0 Å². The fourth-order valence-electron chi connectivity index (χ4n) is 2.16. The SMILES string of the molecule is COc1ccc(Br)cc1COc1cccc(-c2noc(C)n2)c1. The number of nitrogens with zero attached hydrogens (tertiary/aromatic N) is 2. The Morgan fingerprint density at radius 2 is 2.04 bits per heavy atom. The first kappa shape index (κ1) is 15.6. The van der Waals surface area contributed by atoms with Gasteiger partial charge in [-0.2, -0.15) is 4.98 Å². The Kier molecular flexibility index (Phi) is 4.62. The van der Waals surface area contributed by atoms with Gasteiger partial charge in [0.05, 0.1) is 7.11 Å². The molecule has 1 aromatic heterocycles. The van der Waals surface area contributed by atoms with E-state index in [1.807, 2.05) is 42.5 Å². The van der Waals surface area contributed by atoms with Gasteiger partial charge in [-0.25, -0.2) is 0 Å². The van der Waals surface area contributed by atoms with E-state index < -0.39 is 0 Å². The van der Waals surface area contributed by atoms with Gasteiger partial charge in [0.2, 0.25) is 11.7 Å². The molecule has 0 aliphatic rings. The fraction of sp³-hybridized carbons (Fsp3) is 0.176. The van der Waals surface area contributed by atoms with Crippen molar-refractivity contribution in [1.82, 2.24) is 10.1 Å². The number of ether oxygens (including phenoxy) is 2. The summed E-state index contributed by atoms with van der Waals surface area (Å²) in [5, 5.41) is 3.92. The number of hydrogen-bond acceptors (Lipinski definition) is 5. The van der Waals surface area contributed by atoms with Crippen molar-refractivity contribution in [2.45, 2.75) is 13.5 Å². The molecule has 1 heterocycles. The number of aryl methyl sites for hydroxylation is 1. The van der Waals surface area contributed by atoms with Gasteiger partial charge in [-0.1, -0.05) is 33.2 Å². The lowest BCUT2D eigenvalue weighted by Crippen LogP contribution is -1.99. The molecule has 0 saturated heterocycles. The summed E-state index contributed by atoms with van der Waals surface area (Å²) in [4.78, 5) is 4.22. The molecule has 0 radical (unpaired) electrons. The van der Waals surface area contributed by atoms with Gasteiger partial charge in [0.1, 0.15) is 18.1 Å². The highest BCUT2D eigenvalue weighted by Crippen LogP contribution is 2.26. The Bertz CT molecular complexity index is 817. The third kappa shape index (κ3) is 3.71. The van der Waals surface area contributed by atoms with Crippen LogP contribution in [-0.4, -0.2) is 17.3 Å². The van der Waals surface area contributed by atoms with Crippen LogP contribution in [0.2, 0.25) is 0 Å². The van der Waals surface area contributed by atoms with Crippen molar-refractivity contribution in [3.8, 4) is 22.9 Å². The smallest absolute Gasteiger partial charge is 0.223 e. The fourth-order valence-corrected chi connectivity index (χ4v) is 2.57. The molecule has 0 aliphatic carbocycles. The minimum absolute atomic E-state index is 0.400. The van der Waals surface area contributed by atoms with Crippen molar-refractivity contribution in [3.63, 3.8) is 0 Å². The summed E-state index contributed by atoms with van der Waals surface area (Å²) in [6, 6.07) is 13.4. The maximum Gasteiger partial charge on any atom is 0.223 e. The number of halogens is 1. The number of rotatable bonds is 5. The molecule has 118 valence electrons. The van der Waals surface area contributed by atoms with Crippen molar-refractivity contribution in [2.24, 2.45) is 0 Å². The second-order valence-electron chi connectivity index (χ2n) is 4.91. The van der Waals surface area contributed by atoms with Gasteiger partial charge in [-0.3, -0.25) is 0 Å². The van der Waals surface area contributed by atoms with Crippen LogP contribution < -0.4 is 9.47 Å². The van der Waals surface area contributed by atoms with Crippen LogP contribution >= 0.6 is 15.9 Å². The summed E-state index contributed by atoms with van der Waals surface area (Å²) in [6.07, 6.45) is 0. The van der Waals surface area contributed by atoms with Gasteiger partial charge in [-0.05, 0) is 30.3 Å². The Balaban J connectivity index is 1.78. The number of methoxy groups -OCH3 is 1. The van der Waals surface area contributed by atoms with E-state index in [4.69, 9.17) is 14.0 Å². The lowest BCUT2D eigenvalue weighted by atomic mass is 10.2. The molecular formula is C17H15BrN2O3. The van der Waals surface area contributed by atoms with Gasteiger partial charge in [0.25, 0.3) is 0 Å². The van der Waals surface area contributed by atoms with Crippen LogP contribution in [0.4, 0.5) is 0 Å². The van der Waals surface area contributed by atoms with E-state index in [9.17, 15) is 0 Å². The van der Waals surface area contributed by atoms with E-state index >= 15 is 0 Å². The Morgan fingerprint density at radius 1 is 1.17 bits per heavy atom. The number of hydrogen-bond donors (Lipinski definition) is 0. The summed E-state index contributed by atoms with van der Waals surface area (Å²) in [5.41, 5.74) is 1.81. The summed E-state index contributed by atoms with van der Waals surface area (Å²) in [5.74, 6) is 2.60. The van der Waals surface area contributed by atoms with E-state index in [0.29, 0.717) is 18.3 Å². The average molecular weight is 375 g/mol. The summed E-state index contributed by atoms with van der Waals surface area (Å²) >= 11 is 3.46. The predicted molar refractivity (Wildman–Crippen MR) is 89.5 cm³/mol. The Morgan fingerprint density at radius 3 is 2.78 bits per heavy atom. The summed E-state index contributed by atoms with van der Waals surface area (Å²) in [6.45, 7) is 2.16. The minimum atomic E-state index is 0.400. The molecule has 0 unspecified atom stereocenters. The molecule has 0 spiro atoms. The van der Waals surface area contributed by atoms with E-state index in [2.05, 4.69) is 26.1 Å². The topological polar surface area (TPSA) is 57.4 Å². The second kappa shape index (κ2) is 6.83. The van der Waals surface area contributed by atoms with Crippen LogP contribution in [0.1, 0.15) is 11.5 Å². The molecule has 2 aromatic carbocycles. The highest BCUT2D eigenvalue weighted by molar-refractivity contribution is 9.10. The molecule has 3 rings (SSSR count). The summed E-state index contributed by atoms with van der Waals surface area (Å²) in [7, 11) is 1.64. The van der Waals surface area contributed by atoms with Gasteiger partial charge >= 0.3 is 0 Å². The quantitative estimate of drug-likeness (QED) is 0.662. The normalized spacial score (nSPS) is 10.6. The molecule has 0 saturated carbocycles. The van der Waals surface area contributed by atoms with Crippen LogP contribution in [0.25, 0.3) is 11.4 Å². The molecule has 6 heteroatoms. The summed E-state index contributed by atoms with van der Waals surface area (Å²) < 4.78 is 17.2. The van der Waals surface area contributed by atoms with Gasteiger partial charge in [0.15, 0.2) is 0 Å². The Hall–Kier alpha value is -2.34. The number of benzene rings is 2. The van der Waals surface area contributed by atoms with E-state index in [-0.39, 0.29) is 0 Å². The van der Waals surface area contributed by atoms with Gasteiger partial charge in [0, 0.05) is 22.5 Å². The molecule has 0 fully saturated rings. The molecule has 0 N–H and O–H groups in total. The monoisotopic (exact) mass is 374 g/mol. The minimum Gasteiger partial charge on any atom is -0.496 e. The van der Waals surface area contributed by atoms with Crippen molar-refractivity contribution in [1.29, 1.82) is 0 Å². The predicted octanol–water partition coefficient (Wildman–Crippen LogP) is 4.40. The van der Waals surface area contributed by atoms with Crippen LogP contribution in [0.3, 0.4) is 0 Å². The number of aromatic nitrogens is 2. The largest absolute Gasteiger partial charge is 0.496 e. The molecular weight excluding hydrogens is 360 g/mol.